The molecule has 2 aromatic rings. The van der Waals surface area contributed by atoms with Gasteiger partial charge >= 0.3 is 5.97 Å². The average molecular weight is 242 g/mol. The fraction of sp³-hybridized carbons (Fsp3) is 0. The summed E-state index contributed by atoms with van der Waals surface area (Å²) in [4.78, 5) is 10.6. The van der Waals surface area contributed by atoms with E-state index in [2.05, 4.69) is 10.3 Å². The molecule has 1 aromatic heterocycles. The Balaban J connectivity index is 2.60. The summed E-state index contributed by atoms with van der Waals surface area (Å²) in [6.07, 6.45) is 2.88. The predicted molar refractivity (Wildman–Crippen MR) is 53.3 cm³/mol. The maximum absolute atomic E-state index is 13.5. The number of halogens is 2. The molecule has 0 aliphatic rings. The molecule has 0 amide bonds. The molecule has 5 nitrogen and oxygen atoms in total. The van der Waals surface area contributed by atoms with Gasteiger partial charge in [-0.25, -0.2) is 13.9 Å². The van der Waals surface area contributed by atoms with Gasteiger partial charge in [0, 0.05) is 0 Å². The molecule has 1 N–H and O–H groups in total. The van der Waals surface area contributed by atoms with Gasteiger partial charge in [0.25, 0.3) is 0 Å². The van der Waals surface area contributed by atoms with Crippen LogP contribution in [0, 0.1) is 5.82 Å². The highest BCUT2D eigenvalue weighted by molar-refractivity contribution is 6.32. The molecule has 2 rings (SSSR count). The van der Waals surface area contributed by atoms with Crippen molar-refractivity contribution in [2.24, 2.45) is 0 Å². The van der Waals surface area contributed by atoms with E-state index in [0.717, 1.165) is 6.07 Å². The van der Waals surface area contributed by atoms with E-state index in [4.69, 9.17) is 16.7 Å². The highest BCUT2D eigenvalue weighted by Gasteiger charge is 2.17. The maximum atomic E-state index is 13.5. The Morgan fingerprint density at radius 2 is 2.25 bits per heavy atom. The zero-order valence-electron chi connectivity index (χ0n) is 7.76. The Morgan fingerprint density at radius 3 is 2.81 bits per heavy atom. The Labute approximate surface area is 94.1 Å². The van der Waals surface area contributed by atoms with Gasteiger partial charge in [0.05, 0.1) is 23.6 Å². The summed E-state index contributed by atoms with van der Waals surface area (Å²) in [6.45, 7) is 0. The van der Waals surface area contributed by atoms with Crippen LogP contribution in [0.1, 0.15) is 10.4 Å². The quantitative estimate of drug-likeness (QED) is 0.870. The van der Waals surface area contributed by atoms with Crippen molar-refractivity contribution in [1.29, 1.82) is 0 Å². The van der Waals surface area contributed by atoms with E-state index < -0.39 is 17.3 Å². The predicted octanol–water partition coefficient (Wildman–Crippen LogP) is 1.76. The summed E-state index contributed by atoms with van der Waals surface area (Å²) in [5.74, 6) is -2.35. The Hall–Kier alpha value is -1.95. The molecule has 82 valence electrons. The monoisotopic (exact) mass is 241 g/mol. The van der Waals surface area contributed by atoms with Crippen LogP contribution in [0.2, 0.25) is 5.02 Å². The summed E-state index contributed by atoms with van der Waals surface area (Å²) in [5, 5.41) is 15.6. The van der Waals surface area contributed by atoms with Gasteiger partial charge < -0.3 is 5.11 Å². The van der Waals surface area contributed by atoms with Gasteiger partial charge in [0.15, 0.2) is 5.82 Å². The second kappa shape index (κ2) is 3.90. The molecular weight excluding hydrogens is 237 g/mol. The van der Waals surface area contributed by atoms with Gasteiger partial charge in [-0.15, -0.1) is 5.10 Å². The van der Waals surface area contributed by atoms with Crippen molar-refractivity contribution in [3.63, 3.8) is 0 Å². The van der Waals surface area contributed by atoms with Crippen LogP contribution in [0.3, 0.4) is 0 Å². The fourth-order valence-electron chi connectivity index (χ4n) is 1.22. The van der Waals surface area contributed by atoms with Crippen LogP contribution in [0.5, 0.6) is 0 Å². The second-order valence-electron chi connectivity index (χ2n) is 2.91. The molecule has 1 aromatic carbocycles. The van der Waals surface area contributed by atoms with Crippen molar-refractivity contribution in [2.45, 2.75) is 0 Å². The van der Waals surface area contributed by atoms with Gasteiger partial charge in [-0.1, -0.05) is 16.8 Å². The SMILES string of the molecule is O=C(O)c1ccc(-n2ccnn2)c(Cl)c1F. The number of benzene rings is 1. The van der Waals surface area contributed by atoms with Crippen molar-refractivity contribution in [3.8, 4) is 5.69 Å². The molecule has 0 aliphatic heterocycles. The van der Waals surface area contributed by atoms with E-state index in [0.29, 0.717) is 0 Å². The summed E-state index contributed by atoms with van der Waals surface area (Å²) in [6, 6.07) is 2.49. The fourth-order valence-corrected chi connectivity index (χ4v) is 1.47. The molecule has 0 aliphatic carbocycles. The molecule has 0 saturated carbocycles. The summed E-state index contributed by atoms with van der Waals surface area (Å²) in [5.41, 5.74) is -0.240. The van der Waals surface area contributed by atoms with E-state index in [-0.39, 0.29) is 10.7 Å². The number of carbonyl (C=O) groups is 1. The Kier molecular flexibility index (Phi) is 2.57. The van der Waals surface area contributed by atoms with Crippen molar-refractivity contribution in [2.75, 3.05) is 0 Å². The third-order valence-corrected chi connectivity index (χ3v) is 2.32. The number of carboxylic acids is 1. The van der Waals surface area contributed by atoms with Crippen LogP contribution in [0.15, 0.2) is 24.5 Å². The molecule has 0 radical (unpaired) electrons. The van der Waals surface area contributed by atoms with Crippen LogP contribution >= 0.6 is 11.6 Å². The van der Waals surface area contributed by atoms with Gasteiger partial charge in [-0.2, -0.15) is 0 Å². The lowest BCUT2D eigenvalue weighted by Gasteiger charge is -2.06. The molecule has 0 spiro atoms. The Bertz CT molecular complexity index is 542. The summed E-state index contributed by atoms with van der Waals surface area (Å²) >= 11 is 5.71. The van der Waals surface area contributed by atoms with E-state index >= 15 is 0 Å². The summed E-state index contributed by atoms with van der Waals surface area (Å²) < 4.78 is 14.8. The van der Waals surface area contributed by atoms with E-state index in [1.165, 1.54) is 23.1 Å². The second-order valence-corrected chi connectivity index (χ2v) is 3.29. The van der Waals surface area contributed by atoms with E-state index in [1.54, 1.807) is 0 Å². The average Bonchev–Trinajstić information content (AvgIpc) is 2.74. The highest BCUT2D eigenvalue weighted by Crippen LogP contribution is 2.25. The standard InChI is InChI=1S/C9H5ClFN3O2/c10-7-6(14-4-3-12-13-14)2-1-5(8(7)11)9(15)16/h1-4H,(H,15,16). The molecule has 7 heteroatoms. The molecule has 0 unspecified atom stereocenters. The third-order valence-electron chi connectivity index (χ3n) is 1.96. The zero-order valence-corrected chi connectivity index (χ0v) is 8.52. The van der Waals surface area contributed by atoms with Crippen LogP contribution in [0.4, 0.5) is 4.39 Å². The van der Waals surface area contributed by atoms with Crippen molar-refractivity contribution < 1.29 is 14.3 Å². The van der Waals surface area contributed by atoms with Gasteiger partial charge in [-0.05, 0) is 12.1 Å². The number of carboxylic acid groups (broad SMARTS) is 1. The van der Waals surface area contributed by atoms with Crippen molar-refractivity contribution in [3.05, 3.63) is 40.9 Å². The first-order chi connectivity index (χ1) is 7.61. The number of hydrogen-bond donors (Lipinski definition) is 1. The molecular formula is C9H5ClFN3O2. The van der Waals surface area contributed by atoms with Crippen LogP contribution in [-0.2, 0) is 0 Å². The number of aromatic carboxylic acids is 1. The Morgan fingerprint density at radius 1 is 1.50 bits per heavy atom. The van der Waals surface area contributed by atoms with Crippen molar-refractivity contribution in [1.82, 2.24) is 15.0 Å². The smallest absolute Gasteiger partial charge is 0.338 e. The molecule has 0 bridgehead atoms. The third kappa shape index (κ3) is 1.63. The first-order valence-electron chi connectivity index (χ1n) is 4.19. The van der Waals surface area contributed by atoms with Crippen LogP contribution < -0.4 is 0 Å². The minimum atomic E-state index is -1.37. The largest absolute Gasteiger partial charge is 0.478 e. The van der Waals surface area contributed by atoms with E-state index in [9.17, 15) is 9.18 Å². The lowest BCUT2D eigenvalue weighted by Crippen LogP contribution is -2.04. The van der Waals surface area contributed by atoms with Gasteiger partial charge in [0.2, 0.25) is 0 Å². The molecule has 1 heterocycles. The number of aromatic nitrogens is 3. The molecule has 0 saturated heterocycles. The van der Waals surface area contributed by atoms with Crippen molar-refractivity contribution >= 4 is 17.6 Å². The maximum Gasteiger partial charge on any atom is 0.338 e. The molecule has 0 atom stereocenters. The summed E-state index contributed by atoms with van der Waals surface area (Å²) in [7, 11) is 0. The normalized spacial score (nSPS) is 10.4. The zero-order chi connectivity index (χ0) is 11.7. The topological polar surface area (TPSA) is 68.0 Å². The number of nitrogens with zero attached hydrogens (tertiary/aromatic N) is 3. The molecule has 0 fully saturated rings. The lowest BCUT2D eigenvalue weighted by molar-refractivity contribution is 0.0692. The minimum Gasteiger partial charge on any atom is -0.478 e. The number of rotatable bonds is 2. The van der Waals surface area contributed by atoms with Gasteiger partial charge in [-0.3, -0.25) is 0 Å². The minimum absolute atomic E-state index is 0.238. The van der Waals surface area contributed by atoms with E-state index in [1.807, 2.05) is 0 Å². The van der Waals surface area contributed by atoms with Crippen LogP contribution in [-0.4, -0.2) is 26.1 Å². The highest BCUT2D eigenvalue weighted by atomic mass is 35.5. The lowest BCUT2D eigenvalue weighted by atomic mass is 10.2. The first-order valence-corrected chi connectivity index (χ1v) is 4.57. The molecule has 16 heavy (non-hydrogen) atoms. The van der Waals surface area contributed by atoms with Crippen LogP contribution in [0.25, 0.3) is 5.69 Å². The first kappa shape index (κ1) is 10.6. The van der Waals surface area contributed by atoms with Gasteiger partial charge in [0.1, 0.15) is 5.02 Å². The number of hydrogen-bond acceptors (Lipinski definition) is 3.